The van der Waals surface area contributed by atoms with Crippen LogP contribution in [0.3, 0.4) is 0 Å². The van der Waals surface area contributed by atoms with Crippen LogP contribution < -0.4 is 4.74 Å². The molecule has 2 aliphatic rings. The van der Waals surface area contributed by atoms with Crippen molar-refractivity contribution in [3.8, 4) is 5.75 Å². The molecule has 0 saturated carbocycles. The Morgan fingerprint density at radius 3 is 2.64 bits per heavy atom. The van der Waals surface area contributed by atoms with E-state index in [1.165, 1.54) is 4.31 Å². The fourth-order valence-corrected chi connectivity index (χ4v) is 7.35. The van der Waals surface area contributed by atoms with E-state index >= 15 is 0 Å². The molecule has 1 aromatic rings. The van der Waals surface area contributed by atoms with Crippen molar-refractivity contribution in [3.05, 3.63) is 23.3 Å². The van der Waals surface area contributed by atoms with E-state index in [1.54, 1.807) is 26.0 Å². The van der Waals surface area contributed by atoms with E-state index in [2.05, 4.69) is 0 Å². The van der Waals surface area contributed by atoms with E-state index < -0.39 is 32.0 Å². The topological polar surface area (TPSA) is 90.0 Å². The van der Waals surface area contributed by atoms with Gasteiger partial charge in [0.25, 0.3) is 0 Å². The Morgan fingerprint density at radius 1 is 1.24 bits per heavy atom. The zero-order chi connectivity index (χ0) is 18.4. The highest BCUT2D eigenvalue weighted by Crippen LogP contribution is 2.33. The molecular formula is C16H23NO6S2. The van der Waals surface area contributed by atoms with Gasteiger partial charge in [-0.1, -0.05) is 0 Å². The molecule has 9 heteroatoms. The molecule has 140 valence electrons. The van der Waals surface area contributed by atoms with Gasteiger partial charge in [-0.05, 0) is 44.0 Å². The third-order valence-corrected chi connectivity index (χ3v) is 8.40. The molecule has 3 rings (SSSR count). The number of nitrogens with zero attached hydrogens (tertiary/aromatic N) is 1. The van der Waals surface area contributed by atoms with Gasteiger partial charge in [-0.25, -0.2) is 16.8 Å². The minimum absolute atomic E-state index is 0.120. The van der Waals surface area contributed by atoms with Crippen LogP contribution in [-0.2, 0) is 24.6 Å². The van der Waals surface area contributed by atoms with Crippen LogP contribution in [0.25, 0.3) is 0 Å². The minimum atomic E-state index is -3.82. The molecular weight excluding hydrogens is 366 g/mol. The minimum Gasteiger partial charge on any atom is -0.494 e. The fraction of sp³-hybridized carbons (Fsp3) is 0.625. The third-order valence-electron chi connectivity index (χ3n) is 4.64. The maximum Gasteiger partial charge on any atom is 0.243 e. The standard InChI is InChI=1S/C16H23NO6S2/c1-4-22-14-7-12(3)16(8-11(14)2)25(20,21)17-5-6-23-15-10-24(18,19)9-13(15)17/h7-8,13,15H,4-6,9-10H2,1-3H3. The lowest BCUT2D eigenvalue weighted by Crippen LogP contribution is -2.53. The summed E-state index contributed by atoms with van der Waals surface area (Å²) in [7, 11) is -7.11. The SMILES string of the molecule is CCOc1cc(C)c(S(=O)(=O)N2CCOC3CS(=O)(=O)CC32)cc1C. The Labute approximate surface area is 148 Å². The molecule has 7 nitrogen and oxygen atoms in total. The van der Waals surface area contributed by atoms with Crippen LogP contribution in [0, 0.1) is 13.8 Å². The molecule has 2 fully saturated rings. The highest BCUT2D eigenvalue weighted by Gasteiger charge is 2.48. The van der Waals surface area contributed by atoms with Crippen LogP contribution in [0.1, 0.15) is 18.1 Å². The number of morpholine rings is 1. The van der Waals surface area contributed by atoms with Gasteiger partial charge in [0.15, 0.2) is 9.84 Å². The van der Waals surface area contributed by atoms with Crippen LogP contribution in [-0.4, -0.2) is 64.6 Å². The van der Waals surface area contributed by atoms with Crippen molar-refractivity contribution in [1.82, 2.24) is 4.31 Å². The Kier molecular flexibility index (Phi) is 4.87. The molecule has 2 unspecified atom stereocenters. The van der Waals surface area contributed by atoms with E-state index in [1.807, 2.05) is 6.92 Å². The molecule has 0 spiro atoms. The molecule has 0 amide bonds. The quantitative estimate of drug-likeness (QED) is 0.760. The fourth-order valence-electron chi connectivity index (χ4n) is 3.46. The number of aryl methyl sites for hydroxylation is 2. The molecule has 1 aromatic carbocycles. The summed E-state index contributed by atoms with van der Waals surface area (Å²) >= 11 is 0. The van der Waals surface area contributed by atoms with Crippen molar-refractivity contribution < 1.29 is 26.3 Å². The summed E-state index contributed by atoms with van der Waals surface area (Å²) in [6, 6.07) is 2.66. The average Bonchev–Trinajstić information content (AvgIpc) is 2.84. The van der Waals surface area contributed by atoms with E-state index in [-0.39, 0.29) is 29.6 Å². The van der Waals surface area contributed by atoms with E-state index in [4.69, 9.17) is 9.47 Å². The largest absolute Gasteiger partial charge is 0.494 e. The monoisotopic (exact) mass is 389 g/mol. The Morgan fingerprint density at radius 2 is 1.96 bits per heavy atom. The first-order chi connectivity index (χ1) is 11.7. The van der Waals surface area contributed by atoms with Crippen molar-refractivity contribution in [1.29, 1.82) is 0 Å². The summed E-state index contributed by atoms with van der Waals surface area (Å²) in [5.74, 6) is 0.346. The van der Waals surface area contributed by atoms with Crippen LogP contribution in [0.5, 0.6) is 5.75 Å². The number of rotatable bonds is 4. The van der Waals surface area contributed by atoms with Crippen molar-refractivity contribution >= 4 is 19.9 Å². The summed E-state index contributed by atoms with van der Waals surface area (Å²) in [6.45, 7) is 6.24. The van der Waals surface area contributed by atoms with Gasteiger partial charge in [0, 0.05) is 6.54 Å². The predicted molar refractivity (Wildman–Crippen MR) is 93.2 cm³/mol. The van der Waals surface area contributed by atoms with Gasteiger partial charge < -0.3 is 9.47 Å². The number of hydrogen-bond acceptors (Lipinski definition) is 6. The summed E-state index contributed by atoms with van der Waals surface area (Å²) in [4.78, 5) is 0.193. The third kappa shape index (κ3) is 3.42. The first kappa shape index (κ1) is 18.6. The van der Waals surface area contributed by atoms with Gasteiger partial charge in [-0.3, -0.25) is 0 Å². The maximum absolute atomic E-state index is 13.2. The molecule has 2 aliphatic heterocycles. The van der Waals surface area contributed by atoms with E-state index in [0.29, 0.717) is 17.9 Å². The highest BCUT2D eigenvalue weighted by atomic mass is 32.2. The van der Waals surface area contributed by atoms with Gasteiger partial charge in [0.05, 0.1) is 41.8 Å². The predicted octanol–water partition coefficient (Wildman–Crippen LogP) is 0.889. The summed E-state index contributed by atoms with van der Waals surface area (Å²) in [5, 5.41) is 0. The van der Waals surface area contributed by atoms with Gasteiger partial charge in [-0.15, -0.1) is 0 Å². The molecule has 0 aliphatic carbocycles. The zero-order valence-electron chi connectivity index (χ0n) is 14.6. The van der Waals surface area contributed by atoms with Crippen molar-refractivity contribution in [3.63, 3.8) is 0 Å². The number of fused-ring (bicyclic) bond motifs is 1. The van der Waals surface area contributed by atoms with Crippen molar-refractivity contribution in [2.45, 2.75) is 37.8 Å². The molecule has 0 bridgehead atoms. The molecule has 0 N–H and O–H groups in total. The lowest BCUT2D eigenvalue weighted by atomic mass is 10.1. The van der Waals surface area contributed by atoms with Gasteiger partial charge in [0.2, 0.25) is 10.0 Å². The Hall–Kier alpha value is -1.16. The second-order valence-electron chi connectivity index (χ2n) is 6.49. The summed E-state index contributed by atoms with van der Waals surface area (Å²) < 4.78 is 62.6. The van der Waals surface area contributed by atoms with Crippen LogP contribution in [0.2, 0.25) is 0 Å². The smallest absolute Gasteiger partial charge is 0.243 e. The second-order valence-corrected chi connectivity index (χ2v) is 10.5. The van der Waals surface area contributed by atoms with E-state index in [9.17, 15) is 16.8 Å². The Balaban J connectivity index is 2.00. The molecule has 0 radical (unpaired) electrons. The van der Waals surface area contributed by atoms with Crippen molar-refractivity contribution in [2.75, 3.05) is 31.3 Å². The summed E-state index contributed by atoms with van der Waals surface area (Å²) in [5.41, 5.74) is 1.31. The Bertz CT molecular complexity index is 878. The number of sulfone groups is 1. The van der Waals surface area contributed by atoms with Crippen LogP contribution >= 0.6 is 0 Å². The van der Waals surface area contributed by atoms with Gasteiger partial charge in [-0.2, -0.15) is 4.31 Å². The first-order valence-corrected chi connectivity index (χ1v) is 11.5. The maximum atomic E-state index is 13.2. The van der Waals surface area contributed by atoms with Gasteiger partial charge in [0.1, 0.15) is 5.75 Å². The number of hydrogen-bond donors (Lipinski definition) is 0. The molecule has 25 heavy (non-hydrogen) atoms. The zero-order valence-corrected chi connectivity index (χ0v) is 16.2. The lowest BCUT2D eigenvalue weighted by molar-refractivity contribution is -0.0141. The lowest BCUT2D eigenvalue weighted by Gasteiger charge is -2.36. The van der Waals surface area contributed by atoms with Crippen molar-refractivity contribution in [2.24, 2.45) is 0 Å². The second kappa shape index (κ2) is 6.53. The van der Waals surface area contributed by atoms with Crippen LogP contribution in [0.15, 0.2) is 17.0 Å². The molecule has 2 atom stereocenters. The number of benzene rings is 1. The number of ether oxygens (including phenoxy) is 2. The van der Waals surface area contributed by atoms with Crippen LogP contribution in [0.4, 0.5) is 0 Å². The normalized spacial score (nSPS) is 26.4. The highest BCUT2D eigenvalue weighted by molar-refractivity contribution is 7.92. The summed E-state index contributed by atoms with van der Waals surface area (Å²) in [6.07, 6.45) is -0.586. The molecule has 0 aromatic heterocycles. The van der Waals surface area contributed by atoms with Gasteiger partial charge >= 0.3 is 0 Å². The van der Waals surface area contributed by atoms with E-state index in [0.717, 1.165) is 5.56 Å². The molecule has 2 heterocycles. The molecule has 2 saturated heterocycles. The first-order valence-electron chi connectivity index (χ1n) is 8.23. The average molecular weight is 389 g/mol. The number of sulfonamides is 1.